The van der Waals surface area contributed by atoms with Gasteiger partial charge in [0.05, 0.1) is 0 Å². The van der Waals surface area contributed by atoms with Gasteiger partial charge in [-0.2, -0.15) is 0 Å². The molecule has 0 bridgehead atoms. The molecule has 0 heterocycles. The standard InChI is InChI=1S/C10H7.Ni/c1-2-5-9-7-4-8-10(9)6-3-1;/h1-7H;. The molecule has 2 rings (SSSR count). The summed E-state index contributed by atoms with van der Waals surface area (Å²) in [6.07, 6.45) is 0. The Balaban J connectivity index is 2.75. The van der Waals surface area contributed by atoms with Crippen molar-refractivity contribution < 1.29 is 15.5 Å². The van der Waals surface area contributed by atoms with Gasteiger partial charge in [0.1, 0.15) is 0 Å². The molecule has 0 aromatic heterocycles. The molecule has 11 heavy (non-hydrogen) atoms. The fourth-order valence-electron chi connectivity index (χ4n) is 1.16. The Labute approximate surface area is 74.0 Å². The summed E-state index contributed by atoms with van der Waals surface area (Å²) in [6.45, 7) is 0. The van der Waals surface area contributed by atoms with Crippen LogP contribution in [0.3, 0.4) is 0 Å². The van der Waals surface area contributed by atoms with Crippen molar-refractivity contribution in [3.63, 3.8) is 0 Å². The second kappa shape index (κ2) is 2.67. The Morgan fingerprint density at radius 1 is 0.818 bits per heavy atom. The van der Waals surface area contributed by atoms with Gasteiger partial charge >= 0.3 is 73.6 Å². The first-order valence-electron chi connectivity index (χ1n) is 3.48. The van der Waals surface area contributed by atoms with E-state index >= 15 is 0 Å². The molecule has 0 amide bonds. The van der Waals surface area contributed by atoms with E-state index in [2.05, 4.69) is 18.2 Å². The molecule has 1 heteroatoms. The van der Waals surface area contributed by atoms with E-state index in [1.54, 1.807) is 0 Å². The Kier molecular flexibility index (Phi) is 1.67. The molecule has 0 unspecified atom stereocenters. The summed E-state index contributed by atoms with van der Waals surface area (Å²) in [7, 11) is 0. The molecule has 57 valence electrons. The van der Waals surface area contributed by atoms with Crippen molar-refractivity contribution in [2.75, 3.05) is 0 Å². The van der Waals surface area contributed by atoms with E-state index < -0.39 is 0 Å². The van der Waals surface area contributed by atoms with Crippen LogP contribution in [0.25, 0.3) is 11.1 Å². The summed E-state index contributed by atoms with van der Waals surface area (Å²) < 4.78 is 0.983. The molecule has 2 aliphatic rings. The third-order valence-electron chi connectivity index (χ3n) is 1.71. The van der Waals surface area contributed by atoms with Gasteiger partial charge in [0, 0.05) is 0 Å². The minimum atomic E-state index is 0.983. The van der Waals surface area contributed by atoms with Crippen LogP contribution in [0.15, 0.2) is 42.5 Å². The number of hydrogen-bond acceptors (Lipinski definition) is 0. The normalized spacial score (nSPS) is 10.4. The zero-order chi connectivity index (χ0) is 7.68. The summed E-state index contributed by atoms with van der Waals surface area (Å²) in [6, 6.07) is 14.3. The van der Waals surface area contributed by atoms with E-state index in [1.807, 2.05) is 24.3 Å². The molecule has 0 aromatic carbocycles. The summed E-state index contributed by atoms with van der Waals surface area (Å²) in [5, 5.41) is 0. The molecule has 0 fully saturated rings. The molecule has 0 N–H and O–H groups in total. The fraction of sp³-hybridized carbons (Fsp3) is 0. The van der Waals surface area contributed by atoms with Gasteiger partial charge in [0.25, 0.3) is 0 Å². The first-order chi connectivity index (χ1) is 5.38. The van der Waals surface area contributed by atoms with Crippen LogP contribution in [0.2, 0.25) is 0 Å². The van der Waals surface area contributed by atoms with Crippen molar-refractivity contribution in [2.24, 2.45) is 0 Å². The molecule has 0 radical (unpaired) electrons. The Morgan fingerprint density at radius 2 is 1.64 bits per heavy atom. The maximum atomic E-state index is 4.83. The second-order valence-electron chi connectivity index (χ2n) is 2.43. The average Bonchev–Trinajstić information content (AvgIpc) is 2.25. The van der Waals surface area contributed by atoms with E-state index in [0.717, 1.165) is 4.53 Å². The van der Waals surface area contributed by atoms with Crippen molar-refractivity contribution in [3.8, 4) is 11.1 Å². The third kappa shape index (κ3) is 1.17. The summed E-state index contributed by atoms with van der Waals surface area (Å²) in [5.74, 6) is 0. The second-order valence-corrected chi connectivity index (χ2v) is 2.96. The zero-order valence-electron chi connectivity index (χ0n) is 5.86. The Morgan fingerprint density at radius 3 is 2.55 bits per heavy atom. The van der Waals surface area contributed by atoms with Crippen LogP contribution >= 0.6 is 0 Å². The third-order valence-corrected chi connectivity index (χ3v) is 2.14. The first kappa shape index (κ1) is 6.88. The zero-order valence-corrected chi connectivity index (χ0v) is 6.85. The van der Waals surface area contributed by atoms with Crippen molar-refractivity contribution in [1.29, 1.82) is 0 Å². The van der Waals surface area contributed by atoms with E-state index in [0.29, 0.717) is 0 Å². The van der Waals surface area contributed by atoms with E-state index in [-0.39, 0.29) is 0 Å². The van der Waals surface area contributed by atoms with Crippen LogP contribution < -0.4 is 4.53 Å². The van der Waals surface area contributed by atoms with Gasteiger partial charge in [-0.25, -0.2) is 0 Å². The van der Waals surface area contributed by atoms with Gasteiger partial charge in [-0.15, -0.1) is 0 Å². The Bertz CT molecular complexity index is 341. The molecular formula is C10H7Ni. The van der Waals surface area contributed by atoms with Crippen LogP contribution in [0.4, 0.5) is 0 Å². The maximum absolute atomic E-state index is 4.83. The van der Waals surface area contributed by atoms with Gasteiger partial charge in [0.2, 0.25) is 0 Å². The van der Waals surface area contributed by atoms with Crippen LogP contribution in [-0.2, 0) is 15.5 Å². The minimum absolute atomic E-state index is 0.983. The van der Waals surface area contributed by atoms with Gasteiger partial charge in [0.15, 0.2) is 0 Å². The van der Waals surface area contributed by atoms with Crippen LogP contribution in [0, 0.1) is 0 Å². The van der Waals surface area contributed by atoms with Crippen molar-refractivity contribution in [2.45, 2.75) is 0 Å². The van der Waals surface area contributed by atoms with E-state index in [1.165, 1.54) is 11.1 Å². The van der Waals surface area contributed by atoms with Crippen molar-refractivity contribution in [1.82, 2.24) is 0 Å². The SMILES string of the molecule is [Ni][c]1ccc2cccccc1-2. The summed E-state index contributed by atoms with van der Waals surface area (Å²) in [5.41, 5.74) is 2.42. The molecule has 0 saturated heterocycles. The Hall–Kier alpha value is -0.806. The number of rotatable bonds is 0. The van der Waals surface area contributed by atoms with E-state index in [4.69, 9.17) is 15.5 Å². The molecule has 0 spiro atoms. The summed E-state index contributed by atoms with van der Waals surface area (Å²) >= 11 is 4.83. The van der Waals surface area contributed by atoms with Gasteiger partial charge < -0.3 is 0 Å². The predicted molar refractivity (Wildman–Crippen MR) is 42.7 cm³/mol. The molecule has 0 aromatic rings. The van der Waals surface area contributed by atoms with Crippen molar-refractivity contribution in [3.05, 3.63) is 42.5 Å². The number of hydrogen-bond donors (Lipinski definition) is 0. The average molecular weight is 186 g/mol. The monoisotopic (exact) mass is 185 g/mol. The van der Waals surface area contributed by atoms with Gasteiger partial charge in [-0.1, -0.05) is 0 Å². The molecule has 0 atom stereocenters. The van der Waals surface area contributed by atoms with Gasteiger partial charge in [-0.3, -0.25) is 0 Å². The first-order valence-corrected chi connectivity index (χ1v) is 3.97. The molecule has 0 aliphatic heterocycles. The quantitative estimate of drug-likeness (QED) is 0.551. The topological polar surface area (TPSA) is 0 Å². The van der Waals surface area contributed by atoms with Crippen LogP contribution in [0.5, 0.6) is 0 Å². The van der Waals surface area contributed by atoms with Crippen molar-refractivity contribution >= 4 is 4.53 Å². The molecule has 2 aliphatic carbocycles. The molecule has 0 saturated carbocycles. The van der Waals surface area contributed by atoms with Gasteiger partial charge in [-0.05, 0) is 0 Å². The molecule has 0 nitrogen and oxygen atoms in total. The molecular weight excluding hydrogens is 179 g/mol. The number of fused-ring (bicyclic) bond motifs is 1. The van der Waals surface area contributed by atoms with Crippen LogP contribution in [0.1, 0.15) is 0 Å². The fourth-order valence-corrected chi connectivity index (χ4v) is 1.46. The van der Waals surface area contributed by atoms with E-state index in [9.17, 15) is 0 Å². The van der Waals surface area contributed by atoms with Crippen LogP contribution in [-0.4, -0.2) is 0 Å². The summed E-state index contributed by atoms with van der Waals surface area (Å²) in [4.78, 5) is 0. The predicted octanol–water partition coefficient (Wildman–Crippen LogP) is 1.96.